The monoisotopic (exact) mass is 338 g/mol. The van der Waals surface area contributed by atoms with Crippen LogP contribution in [0.5, 0.6) is 0 Å². The number of carbonyl (C=O) groups excluding carboxylic acids is 1. The average molecular weight is 338 g/mol. The van der Waals surface area contributed by atoms with Gasteiger partial charge in [0, 0.05) is 26.1 Å². The first kappa shape index (κ1) is 17.6. The second-order valence-corrected chi connectivity index (χ2v) is 6.43. The molecule has 0 aliphatic carbocycles. The summed E-state index contributed by atoms with van der Waals surface area (Å²) in [6.07, 6.45) is 2.11. The van der Waals surface area contributed by atoms with Crippen LogP contribution < -0.4 is 5.32 Å². The van der Waals surface area contributed by atoms with Crippen LogP contribution in [0.3, 0.4) is 0 Å². The van der Waals surface area contributed by atoms with E-state index in [0.717, 1.165) is 31.5 Å². The van der Waals surface area contributed by atoms with Gasteiger partial charge in [-0.1, -0.05) is 54.6 Å². The molecule has 2 aromatic carbocycles. The van der Waals surface area contributed by atoms with Crippen LogP contribution in [0, 0.1) is 0 Å². The third-order valence-corrected chi connectivity index (χ3v) is 4.75. The van der Waals surface area contributed by atoms with Crippen molar-refractivity contribution in [3.63, 3.8) is 0 Å². The van der Waals surface area contributed by atoms with E-state index in [2.05, 4.69) is 41.7 Å². The van der Waals surface area contributed by atoms with Gasteiger partial charge < -0.3 is 15.3 Å². The number of benzene rings is 2. The number of amides is 1. The highest BCUT2D eigenvalue weighted by atomic mass is 16.3. The highest BCUT2D eigenvalue weighted by Crippen LogP contribution is 2.35. The van der Waals surface area contributed by atoms with Crippen LogP contribution in [-0.2, 0) is 11.2 Å². The van der Waals surface area contributed by atoms with E-state index in [0.29, 0.717) is 13.0 Å². The number of aliphatic hydroxyl groups excluding tert-OH is 1. The van der Waals surface area contributed by atoms with Crippen molar-refractivity contribution < 1.29 is 9.90 Å². The summed E-state index contributed by atoms with van der Waals surface area (Å²) in [5.74, 6) is 0.180. The summed E-state index contributed by atoms with van der Waals surface area (Å²) < 4.78 is 0. The summed E-state index contributed by atoms with van der Waals surface area (Å²) in [4.78, 5) is 14.9. The van der Waals surface area contributed by atoms with Crippen LogP contribution in [0.1, 0.15) is 35.6 Å². The van der Waals surface area contributed by atoms with E-state index < -0.39 is 0 Å². The number of nitrogens with zero attached hydrogens (tertiary/aromatic N) is 1. The van der Waals surface area contributed by atoms with Crippen LogP contribution in [0.15, 0.2) is 54.6 Å². The lowest BCUT2D eigenvalue weighted by molar-refractivity contribution is -0.133. The number of nitrogens with one attached hydrogen (secondary N) is 1. The fraction of sp³-hybridized carbons (Fsp3) is 0.381. The number of carbonyl (C=O) groups is 1. The van der Waals surface area contributed by atoms with E-state index in [1.54, 1.807) is 0 Å². The van der Waals surface area contributed by atoms with E-state index in [9.17, 15) is 4.79 Å². The SMILES string of the molecule is O=C(CCNCCCO)N1CCc2ccccc2[C@H]1c1ccccc1. The Morgan fingerprint density at radius 3 is 2.64 bits per heavy atom. The van der Waals surface area contributed by atoms with Crippen molar-refractivity contribution in [3.8, 4) is 0 Å². The Balaban J connectivity index is 1.77. The molecule has 0 unspecified atom stereocenters. The fourth-order valence-electron chi connectivity index (χ4n) is 3.50. The van der Waals surface area contributed by atoms with Crippen molar-refractivity contribution in [2.75, 3.05) is 26.2 Å². The lowest BCUT2D eigenvalue weighted by Crippen LogP contribution is -2.41. The van der Waals surface area contributed by atoms with Crippen LogP contribution in [0.4, 0.5) is 0 Å². The van der Waals surface area contributed by atoms with Crippen molar-refractivity contribution >= 4 is 5.91 Å². The van der Waals surface area contributed by atoms with E-state index in [1.807, 2.05) is 23.1 Å². The molecule has 0 bridgehead atoms. The first-order valence-corrected chi connectivity index (χ1v) is 9.05. The molecule has 1 aliphatic rings. The van der Waals surface area contributed by atoms with Gasteiger partial charge in [0.15, 0.2) is 0 Å². The average Bonchev–Trinajstić information content (AvgIpc) is 2.67. The second kappa shape index (κ2) is 8.79. The molecular weight excluding hydrogens is 312 g/mol. The quantitative estimate of drug-likeness (QED) is 0.763. The van der Waals surface area contributed by atoms with Crippen molar-refractivity contribution in [3.05, 3.63) is 71.3 Å². The van der Waals surface area contributed by atoms with E-state index >= 15 is 0 Å². The molecule has 2 aromatic rings. The number of rotatable bonds is 7. The molecule has 1 atom stereocenters. The predicted octanol–water partition coefficient (Wildman–Crippen LogP) is 2.52. The number of hydrogen-bond acceptors (Lipinski definition) is 3. The summed E-state index contributed by atoms with van der Waals surface area (Å²) in [7, 11) is 0. The van der Waals surface area contributed by atoms with Gasteiger partial charge >= 0.3 is 0 Å². The molecule has 0 saturated carbocycles. The van der Waals surface area contributed by atoms with E-state index in [4.69, 9.17) is 5.11 Å². The maximum Gasteiger partial charge on any atom is 0.224 e. The number of hydrogen-bond donors (Lipinski definition) is 2. The zero-order chi connectivity index (χ0) is 17.5. The molecule has 3 rings (SSSR count). The molecule has 0 aromatic heterocycles. The van der Waals surface area contributed by atoms with E-state index in [1.165, 1.54) is 11.1 Å². The molecule has 2 N–H and O–H groups in total. The van der Waals surface area contributed by atoms with Gasteiger partial charge in [0.1, 0.15) is 0 Å². The van der Waals surface area contributed by atoms with Crippen molar-refractivity contribution in [2.24, 2.45) is 0 Å². The Labute approximate surface area is 149 Å². The summed E-state index contributed by atoms with van der Waals surface area (Å²) in [5, 5.41) is 12.0. The van der Waals surface area contributed by atoms with Crippen molar-refractivity contribution in [1.29, 1.82) is 0 Å². The standard InChI is InChI=1S/C21H26N2O2/c24-16-6-13-22-14-11-20(25)23-15-12-17-7-4-5-10-19(17)21(23)18-8-2-1-3-9-18/h1-5,7-10,21-22,24H,6,11-16H2/t21-/m1/s1. The Hall–Kier alpha value is -2.17. The first-order valence-electron chi connectivity index (χ1n) is 9.05. The smallest absolute Gasteiger partial charge is 0.224 e. The van der Waals surface area contributed by atoms with Gasteiger partial charge in [0.05, 0.1) is 6.04 Å². The molecule has 1 heterocycles. The van der Waals surface area contributed by atoms with Gasteiger partial charge in [-0.15, -0.1) is 0 Å². The molecular formula is C21H26N2O2. The maximum atomic E-state index is 12.9. The van der Waals surface area contributed by atoms with Gasteiger partial charge in [0.2, 0.25) is 5.91 Å². The maximum absolute atomic E-state index is 12.9. The molecule has 0 fully saturated rings. The molecule has 25 heavy (non-hydrogen) atoms. The van der Waals surface area contributed by atoms with Gasteiger partial charge in [-0.2, -0.15) is 0 Å². The summed E-state index contributed by atoms with van der Waals surface area (Å²) in [6, 6.07) is 18.7. The minimum Gasteiger partial charge on any atom is -0.396 e. The Bertz CT molecular complexity index is 687. The highest BCUT2D eigenvalue weighted by molar-refractivity contribution is 5.78. The molecule has 0 spiro atoms. The summed E-state index contributed by atoms with van der Waals surface area (Å²) in [6.45, 7) is 2.33. The minimum atomic E-state index is -0.00362. The van der Waals surface area contributed by atoms with Gasteiger partial charge in [-0.3, -0.25) is 4.79 Å². The Kier molecular flexibility index (Phi) is 6.20. The molecule has 1 aliphatic heterocycles. The third kappa shape index (κ3) is 4.27. The van der Waals surface area contributed by atoms with Crippen LogP contribution in [0.2, 0.25) is 0 Å². The lowest BCUT2D eigenvalue weighted by Gasteiger charge is -2.38. The third-order valence-electron chi connectivity index (χ3n) is 4.75. The molecule has 4 nitrogen and oxygen atoms in total. The molecule has 1 amide bonds. The Morgan fingerprint density at radius 2 is 1.84 bits per heavy atom. The molecule has 132 valence electrons. The van der Waals surface area contributed by atoms with Crippen LogP contribution >= 0.6 is 0 Å². The number of fused-ring (bicyclic) bond motifs is 1. The zero-order valence-corrected chi connectivity index (χ0v) is 14.5. The normalized spacial score (nSPS) is 16.5. The highest BCUT2D eigenvalue weighted by Gasteiger charge is 2.31. The first-order chi connectivity index (χ1) is 12.3. The van der Waals surface area contributed by atoms with Crippen LogP contribution in [0.25, 0.3) is 0 Å². The fourth-order valence-corrected chi connectivity index (χ4v) is 3.50. The predicted molar refractivity (Wildman–Crippen MR) is 99.3 cm³/mol. The van der Waals surface area contributed by atoms with Gasteiger partial charge in [-0.25, -0.2) is 0 Å². The van der Waals surface area contributed by atoms with Gasteiger partial charge in [0.25, 0.3) is 0 Å². The topological polar surface area (TPSA) is 52.6 Å². The zero-order valence-electron chi connectivity index (χ0n) is 14.5. The number of aliphatic hydroxyl groups is 1. The van der Waals surface area contributed by atoms with Crippen molar-refractivity contribution in [1.82, 2.24) is 10.2 Å². The molecule has 0 radical (unpaired) electrons. The lowest BCUT2D eigenvalue weighted by atomic mass is 9.88. The van der Waals surface area contributed by atoms with Crippen molar-refractivity contribution in [2.45, 2.75) is 25.3 Å². The summed E-state index contributed by atoms with van der Waals surface area (Å²) in [5.41, 5.74) is 3.74. The van der Waals surface area contributed by atoms with Crippen LogP contribution in [-0.4, -0.2) is 42.2 Å². The minimum absolute atomic E-state index is 0.00362. The Morgan fingerprint density at radius 1 is 1.08 bits per heavy atom. The second-order valence-electron chi connectivity index (χ2n) is 6.43. The largest absolute Gasteiger partial charge is 0.396 e. The molecule has 4 heteroatoms. The molecule has 0 saturated heterocycles. The summed E-state index contributed by atoms with van der Waals surface area (Å²) >= 11 is 0. The van der Waals surface area contributed by atoms with E-state index in [-0.39, 0.29) is 18.6 Å². The van der Waals surface area contributed by atoms with Gasteiger partial charge in [-0.05, 0) is 36.1 Å².